The average Bonchev–Trinajstić information content (AvgIpc) is 2.16. The molecule has 0 fully saturated rings. The van der Waals surface area contributed by atoms with E-state index in [-0.39, 0.29) is 18.0 Å². The normalized spacial score (nSPS) is 15.1. The zero-order valence-electron chi connectivity index (χ0n) is 9.95. The molecule has 90 valence electrons. The van der Waals surface area contributed by atoms with Crippen molar-refractivity contribution in [1.29, 1.82) is 0 Å². The number of carbonyl (C=O) groups excluding carboxylic acids is 1. The van der Waals surface area contributed by atoms with Gasteiger partial charge in [-0.1, -0.05) is 0 Å². The highest BCUT2D eigenvalue weighted by molar-refractivity contribution is 5.76. The number of hydrogen-bond donors (Lipinski definition) is 2. The summed E-state index contributed by atoms with van der Waals surface area (Å²) in [5, 5.41) is 2.79. The molecule has 0 rings (SSSR count). The Labute approximate surface area is 91.3 Å². The second-order valence-corrected chi connectivity index (χ2v) is 3.71. The number of methoxy groups -OCH3 is 2. The fourth-order valence-electron chi connectivity index (χ4n) is 1.26. The quantitative estimate of drug-likeness (QED) is 0.600. The van der Waals surface area contributed by atoms with Crippen LogP contribution >= 0.6 is 0 Å². The third-order valence-corrected chi connectivity index (χ3v) is 2.09. The van der Waals surface area contributed by atoms with Gasteiger partial charge in [-0.3, -0.25) is 4.79 Å². The van der Waals surface area contributed by atoms with Crippen molar-refractivity contribution in [3.8, 4) is 0 Å². The van der Waals surface area contributed by atoms with Crippen LogP contribution in [0.4, 0.5) is 0 Å². The lowest BCUT2D eigenvalue weighted by Crippen LogP contribution is -2.43. The molecule has 0 aliphatic heterocycles. The minimum atomic E-state index is -0.413. The number of rotatable bonds is 7. The monoisotopic (exact) mass is 218 g/mol. The Bertz CT molecular complexity index is 182. The summed E-state index contributed by atoms with van der Waals surface area (Å²) in [4.78, 5) is 11.4. The predicted octanol–water partition coefficient (Wildman–Crippen LogP) is 0.237. The molecule has 5 nitrogen and oxygen atoms in total. The molecule has 2 unspecified atom stereocenters. The molecule has 15 heavy (non-hydrogen) atoms. The predicted molar refractivity (Wildman–Crippen MR) is 58.3 cm³/mol. The summed E-state index contributed by atoms with van der Waals surface area (Å²) in [7, 11) is 3.08. The van der Waals surface area contributed by atoms with Crippen LogP contribution in [0.25, 0.3) is 0 Å². The Balaban J connectivity index is 3.84. The molecule has 5 heteroatoms. The van der Waals surface area contributed by atoms with Gasteiger partial charge in [0.25, 0.3) is 0 Å². The van der Waals surface area contributed by atoms with Crippen LogP contribution in [0.5, 0.6) is 0 Å². The lowest BCUT2D eigenvalue weighted by Gasteiger charge is -2.22. The number of nitrogens with one attached hydrogen (secondary N) is 1. The molecule has 0 heterocycles. The Morgan fingerprint density at radius 2 is 1.87 bits per heavy atom. The van der Waals surface area contributed by atoms with Crippen LogP contribution in [0.1, 0.15) is 26.7 Å². The maximum absolute atomic E-state index is 11.4. The molecule has 1 amide bonds. The van der Waals surface area contributed by atoms with Crippen LogP contribution in [0.3, 0.4) is 0 Å². The van der Waals surface area contributed by atoms with Crippen molar-refractivity contribution in [2.45, 2.75) is 45.1 Å². The van der Waals surface area contributed by atoms with E-state index in [0.29, 0.717) is 12.8 Å². The molecule has 0 spiro atoms. The molecule has 0 saturated carbocycles. The van der Waals surface area contributed by atoms with Crippen molar-refractivity contribution in [1.82, 2.24) is 5.32 Å². The van der Waals surface area contributed by atoms with Crippen molar-refractivity contribution in [3.63, 3.8) is 0 Å². The number of amides is 1. The molecule has 3 N–H and O–H groups in total. The average molecular weight is 218 g/mol. The molecule has 0 saturated heterocycles. The standard InChI is InChI=1S/C10H22N2O3/c1-7(11)5-6-9(13)12-8(2)10(14-3)15-4/h7-8,10H,5-6,11H2,1-4H3,(H,12,13). The molecule has 0 aliphatic carbocycles. The highest BCUT2D eigenvalue weighted by Crippen LogP contribution is 2.00. The van der Waals surface area contributed by atoms with Gasteiger partial charge in [0.05, 0.1) is 6.04 Å². The number of ether oxygens (including phenoxy) is 2. The second-order valence-electron chi connectivity index (χ2n) is 3.71. The molecular formula is C10H22N2O3. The largest absolute Gasteiger partial charge is 0.354 e. The van der Waals surface area contributed by atoms with Crippen molar-refractivity contribution < 1.29 is 14.3 Å². The summed E-state index contributed by atoms with van der Waals surface area (Å²) in [6, 6.07) is -0.118. The van der Waals surface area contributed by atoms with E-state index in [9.17, 15) is 4.79 Å². The number of nitrogens with two attached hydrogens (primary N) is 1. The minimum absolute atomic E-state index is 0.0288. The summed E-state index contributed by atoms with van der Waals surface area (Å²) in [5.41, 5.74) is 5.55. The highest BCUT2D eigenvalue weighted by Gasteiger charge is 2.17. The first kappa shape index (κ1) is 14.3. The Morgan fingerprint density at radius 3 is 2.27 bits per heavy atom. The van der Waals surface area contributed by atoms with Gasteiger partial charge in [-0.15, -0.1) is 0 Å². The molecule has 0 aromatic heterocycles. The third kappa shape index (κ3) is 6.43. The molecular weight excluding hydrogens is 196 g/mol. The summed E-state index contributed by atoms with van der Waals surface area (Å²) >= 11 is 0. The zero-order chi connectivity index (χ0) is 11.8. The summed E-state index contributed by atoms with van der Waals surface area (Å²) < 4.78 is 10.1. The van der Waals surface area contributed by atoms with Crippen molar-refractivity contribution in [2.24, 2.45) is 5.73 Å². The van der Waals surface area contributed by atoms with Crippen LogP contribution in [0.2, 0.25) is 0 Å². The SMILES string of the molecule is COC(OC)C(C)NC(=O)CCC(C)N. The van der Waals surface area contributed by atoms with E-state index in [2.05, 4.69) is 5.32 Å². The molecule has 2 atom stereocenters. The molecule has 0 aromatic carbocycles. The van der Waals surface area contributed by atoms with Crippen molar-refractivity contribution >= 4 is 5.91 Å². The molecule has 0 aromatic rings. The van der Waals surface area contributed by atoms with E-state index in [1.54, 1.807) is 14.2 Å². The minimum Gasteiger partial charge on any atom is -0.354 e. The third-order valence-electron chi connectivity index (χ3n) is 2.09. The van der Waals surface area contributed by atoms with E-state index in [4.69, 9.17) is 15.2 Å². The van der Waals surface area contributed by atoms with Crippen molar-refractivity contribution in [2.75, 3.05) is 14.2 Å². The Kier molecular flexibility index (Phi) is 7.29. The van der Waals surface area contributed by atoms with E-state index in [1.807, 2.05) is 13.8 Å². The molecule has 0 aliphatic rings. The molecule has 0 bridgehead atoms. The van der Waals surface area contributed by atoms with Gasteiger partial charge in [0, 0.05) is 26.7 Å². The summed E-state index contributed by atoms with van der Waals surface area (Å²) in [5.74, 6) is -0.0288. The van der Waals surface area contributed by atoms with Gasteiger partial charge >= 0.3 is 0 Å². The van der Waals surface area contributed by atoms with Crippen molar-refractivity contribution in [3.05, 3.63) is 0 Å². The van der Waals surface area contributed by atoms with E-state index in [1.165, 1.54) is 0 Å². The topological polar surface area (TPSA) is 73.6 Å². The van der Waals surface area contributed by atoms with Gasteiger partial charge in [0.1, 0.15) is 0 Å². The maximum Gasteiger partial charge on any atom is 0.220 e. The van der Waals surface area contributed by atoms with Gasteiger partial charge in [0.15, 0.2) is 6.29 Å². The van der Waals surface area contributed by atoms with Crippen LogP contribution in [0.15, 0.2) is 0 Å². The smallest absolute Gasteiger partial charge is 0.220 e. The number of hydrogen-bond acceptors (Lipinski definition) is 4. The van der Waals surface area contributed by atoms with E-state index in [0.717, 1.165) is 0 Å². The lowest BCUT2D eigenvalue weighted by molar-refractivity contribution is -0.135. The first-order chi connectivity index (χ1) is 7.01. The second kappa shape index (κ2) is 7.62. The van der Waals surface area contributed by atoms with Gasteiger partial charge in [0.2, 0.25) is 5.91 Å². The fourth-order valence-corrected chi connectivity index (χ4v) is 1.26. The van der Waals surface area contributed by atoms with Gasteiger partial charge < -0.3 is 20.5 Å². The first-order valence-corrected chi connectivity index (χ1v) is 5.11. The highest BCUT2D eigenvalue weighted by atomic mass is 16.7. The van der Waals surface area contributed by atoms with Crippen LogP contribution in [0, 0.1) is 0 Å². The van der Waals surface area contributed by atoms with Crippen LogP contribution < -0.4 is 11.1 Å². The first-order valence-electron chi connectivity index (χ1n) is 5.11. The Morgan fingerprint density at radius 1 is 1.33 bits per heavy atom. The Hall–Kier alpha value is -0.650. The van der Waals surface area contributed by atoms with E-state index < -0.39 is 6.29 Å². The zero-order valence-corrected chi connectivity index (χ0v) is 9.95. The fraction of sp³-hybridized carbons (Fsp3) is 0.900. The maximum atomic E-state index is 11.4. The summed E-state index contributed by atoms with van der Waals surface area (Å²) in [6.07, 6.45) is 0.704. The van der Waals surface area contributed by atoms with Gasteiger partial charge in [-0.05, 0) is 20.3 Å². The number of carbonyl (C=O) groups is 1. The van der Waals surface area contributed by atoms with E-state index >= 15 is 0 Å². The molecule has 0 radical (unpaired) electrons. The van der Waals surface area contributed by atoms with Gasteiger partial charge in [-0.25, -0.2) is 0 Å². The van der Waals surface area contributed by atoms with Crippen LogP contribution in [-0.2, 0) is 14.3 Å². The van der Waals surface area contributed by atoms with Gasteiger partial charge in [-0.2, -0.15) is 0 Å². The van der Waals surface area contributed by atoms with Crippen LogP contribution in [-0.4, -0.2) is 38.5 Å². The summed E-state index contributed by atoms with van der Waals surface area (Å²) in [6.45, 7) is 3.71. The lowest BCUT2D eigenvalue weighted by atomic mass is 10.2.